The van der Waals surface area contributed by atoms with Crippen molar-refractivity contribution < 1.29 is 52.3 Å². The van der Waals surface area contributed by atoms with Crippen LogP contribution in [0.2, 0.25) is 5.02 Å². The quantitative estimate of drug-likeness (QED) is 0.171. The summed E-state index contributed by atoms with van der Waals surface area (Å²) in [5.74, 6) is -1.61. The molecule has 4 rings (SSSR count). The van der Waals surface area contributed by atoms with Gasteiger partial charge in [0.1, 0.15) is 30.7 Å². The van der Waals surface area contributed by atoms with E-state index >= 15 is 0 Å². The predicted molar refractivity (Wildman–Crippen MR) is 207 cm³/mol. The van der Waals surface area contributed by atoms with E-state index in [0.29, 0.717) is 30.2 Å². The van der Waals surface area contributed by atoms with E-state index in [-0.39, 0.29) is 12.7 Å². The predicted octanol–water partition coefficient (Wildman–Crippen LogP) is 8.00. The average molecular weight is 787 g/mol. The fraction of sp³-hybridized carbons (Fsp3) is 0.628. The first-order valence-electron chi connectivity index (χ1n) is 18.9. The molecule has 0 amide bonds. The highest BCUT2D eigenvalue weighted by Gasteiger charge is 2.55. The molecule has 0 unspecified atom stereocenters. The normalized spacial score (nSPS) is 23.4. The van der Waals surface area contributed by atoms with Gasteiger partial charge in [-0.3, -0.25) is 19.2 Å². The lowest BCUT2D eigenvalue weighted by Crippen LogP contribution is -2.61. The molecule has 6 atom stereocenters. The fourth-order valence-corrected chi connectivity index (χ4v) is 5.79. The van der Waals surface area contributed by atoms with Gasteiger partial charge in [-0.1, -0.05) is 35.9 Å². The maximum absolute atomic E-state index is 13.7. The van der Waals surface area contributed by atoms with Gasteiger partial charge in [-0.25, -0.2) is 0 Å². The van der Waals surface area contributed by atoms with Gasteiger partial charge in [0, 0.05) is 11.4 Å². The van der Waals surface area contributed by atoms with E-state index in [1.165, 1.54) is 0 Å². The van der Waals surface area contributed by atoms with Gasteiger partial charge in [-0.2, -0.15) is 0 Å². The van der Waals surface area contributed by atoms with Gasteiger partial charge in [0.05, 0.1) is 34.9 Å². The second-order valence-corrected chi connectivity index (χ2v) is 19.0. The topological polar surface area (TPSA) is 133 Å². The van der Waals surface area contributed by atoms with Crippen molar-refractivity contribution in [3.05, 3.63) is 64.2 Å². The smallest absolute Gasteiger partial charge is 0.311 e. The molecule has 2 saturated heterocycles. The Hall–Kier alpha value is -3.67. The Labute approximate surface area is 331 Å². The number of ether oxygens (including phenoxy) is 7. The molecule has 11 nitrogen and oxygen atoms in total. The molecule has 2 heterocycles. The SMILES string of the molecule is CC(C)(C)C(=O)OC[C@@H]1O[C@H](c2ccc(Cl)c(Cc3ccc(O[C@@H]4CCOC4)cc3)c2)[C@@H](OC(=O)C(C)(C)C)[C@H](OC(=O)C(C)(C)C)[C@H]1OC(=O)C(C)(C)C. The Morgan fingerprint density at radius 2 is 1.22 bits per heavy atom. The van der Waals surface area contributed by atoms with Crippen molar-refractivity contribution in [3.8, 4) is 5.75 Å². The third kappa shape index (κ3) is 11.9. The molecule has 0 aliphatic carbocycles. The summed E-state index contributed by atoms with van der Waals surface area (Å²) < 4.78 is 42.5. The van der Waals surface area contributed by atoms with Gasteiger partial charge < -0.3 is 33.2 Å². The molecule has 2 aromatic rings. The number of rotatable bonds is 10. The summed E-state index contributed by atoms with van der Waals surface area (Å²) in [6.45, 7) is 21.3. The van der Waals surface area contributed by atoms with Crippen molar-refractivity contribution in [1.82, 2.24) is 0 Å². The molecule has 2 aliphatic heterocycles. The molecule has 12 heteroatoms. The minimum absolute atomic E-state index is 0.0247. The summed E-state index contributed by atoms with van der Waals surface area (Å²) in [7, 11) is 0. The highest BCUT2D eigenvalue weighted by molar-refractivity contribution is 6.31. The van der Waals surface area contributed by atoms with E-state index in [2.05, 4.69) is 0 Å². The van der Waals surface area contributed by atoms with Crippen LogP contribution in [0.15, 0.2) is 42.5 Å². The van der Waals surface area contributed by atoms with Crippen LogP contribution in [0.3, 0.4) is 0 Å². The number of halogens is 1. The number of carbonyl (C=O) groups is 4. The van der Waals surface area contributed by atoms with Gasteiger partial charge in [0.2, 0.25) is 0 Å². The van der Waals surface area contributed by atoms with E-state index in [1.807, 2.05) is 30.3 Å². The standard InChI is InChI=1S/C43H59ClO11/c1-40(2,3)36(45)50-24-31-33(53-37(46)41(4,5)6)35(55-39(48)43(10,11)12)34(54-38(47)42(7,8)9)32(52-31)26-15-18-30(44)27(22-26)21-25-13-16-28(17-14-25)51-29-19-20-49-23-29/h13-18,22,29,31-35H,19-21,23-24H2,1-12H3/t29-,31+,32-,33+,34-,35-/m1/s1. The largest absolute Gasteiger partial charge is 0.488 e. The molecule has 0 N–H and O–H groups in total. The van der Waals surface area contributed by atoms with Crippen molar-refractivity contribution in [2.45, 2.75) is 133 Å². The maximum Gasteiger partial charge on any atom is 0.311 e. The molecule has 0 saturated carbocycles. The van der Waals surface area contributed by atoms with Gasteiger partial charge in [-0.05, 0) is 124 Å². The lowest BCUT2D eigenvalue weighted by molar-refractivity contribution is -0.262. The van der Waals surface area contributed by atoms with Crippen molar-refractivity contribution >= 4 is 35.5 Å². The molecule has 2 fully saturated rings. The third-order valence-corrected chi connectivity index (χ3v) is 9.47. The zero-order valence-electron chi connectivity index (χ0n) is 34.4. The Morgan fingerprint density at radius 1 is 0.691 bits per heavy atom. The molecule has 0 aromatic heterocycles. The zero-order valence-corrected chi connectivity index (χ0v) is 35.2. The van der Waals surface area contributed by atoms with E-state index < -0.39 is 76.1 Å². The number of benzene rings is 2. The van der Waals surface area contributed by atoms with Crippen LogP contribution in [-0.2, 0) is 54.0 Å². The summed E-state index contributed by atoms with van der Waals surface area (Å²) in [5.41, 5.74) is -1.51. The molecule has 0 radical (unpaired) electrons. The number of esters is 4. The van der Waals surface area contributed by atoms with Gasteiger partial charge in [0.25, 0.3) is 0 Å². The molecule has 2 aromatic carbocycles. The molecule has 2 aliphatic rings. The molecular formula is C43H59ClO11. The van der Waals surface area contributed by atoms with Crippen LogP contribution >= 0.6 is 11.6 Å². The monoisotopic (exact) mass is 786 g/mol. The zero-order chi connectivity index (χ0) is 41.1. The van der Waals surface area contributed by atoms with Crippen LogP contribution in [0.1, 0.15) is 112 Å². The van der Waals surface area contributed by atoms with Crippen LogP contribution < -0.4 is 4.74 Å². The average Bonchev–Trinajstić information content (AvgIpc) is 3.58. The molecular weight excluding hydrogens is 728 g/mol. The van der Waals surface area contributed by atoms with Crippen LogP contribution in [-0.4, -0.2) is 74.2 Å². The Morgan fingerprint density at radius 3 is 1.73 bits per heavy atom. The highest BCUT2D eigenvalue weighted by atomic mass is 35.5. The van der Waals surface area contributed by atoms with E-state index in [0.717, 1.165) is 23.3 Å². The molecule has 0 bridgehead atoms. The van der Waals surface area contributed by atoms with Crippen LogP contribution in [0.5, 0.6) is 5.75 Å². The van der Waals surface area contributed by atoms with Gasteiger partial charge in [0.15, 0.2) is 18.3 Å². The Balaban J connectivity index is 1.81. The van der Waals surface area contributed by atoms with Gasteiger partial charge in [-0.15, -0.1) is 0 Å². The van der Waals surface area contributed by atoms with E-state index in [4.69, 9.17) is 44.8 Å². The summed E-state index contributed by atoms with van der Waals surface area (Å²) in [4.78, 5) is 54.0. The van der Waals surface area contributed by atoms with Crippen LogP contribution in [0, 0.1) is 21.7 Å². The molecule has 0 spiro atoms. The first kappa shape index (κ1) is 44.0. The highest BCUT2D eigenvalue weighted by Crippen LogP contribution is 2.41. The first-order chi connectivity index (χ1) is 25.3. The minimum atomic E-state index is -1.36. The summed E-state index contributed by atoms with van der Waals surface area (Å²) >= 11 is 6.79. The van der Waals surface area contributed by atoms with Crippen LogP contribution in [0.25, 0.3) is 0 Å². The van der Waals surface area contributed by atoms with E-state index in [9.17, 15) is 19.2 Å². The summed E-state index contributed by atoms with van der Waals surface area (Å²) in [6.07, 6.45) is -4.89. The number of hydrogen-bond donors (Lipinski definition) is 0. The van der Waals surface area contributed by atoms with Crippen molar-refractivity contribution in [1.29, 1.82) is 0 Å². The van der Waals surface area contributed by atoms with Crippen LogP contribution in [0.4, 0.5) is 0 Å². The minimum Gasteiger partial charge on any atom is -0.488 e. The summed E-state index contributed by atoms with van der Waals surface area (Å²) in [6, 6.07) is 13.1. The van der Waals surface area contributed by atoms with Crippen molar-refractivity contribution in [3.63, 3.8) is 0 Å². The fourth-order valence-electron chi connectivity index (χ4n) is 5.61. The lowest BCUT2D eigenvalue weighted by atomic mass is 9.87. The third-order valence-electron chi connectivity index (χ3n) is 9.10. The number of hydrogen-bond acceptors (Lipinski definition) is 11. The van der Waals surface area contributed by atoms with Crippen molar-refractivity contribution in [2.24, 2.45) is 21.7 Å². The molecule has 304 valence electrons. The second kappa shape index (κ2) is 17.2. The number of carbonyl (C=O) groups excluding carboxylic acids is 4. The first-order valence-corrected chi connectivity index (χ1v) is 19.3. The lowest BCUT2D eigenvalue weighted by Gasteiger charge is -2.46. The Bertz CT molecular complexity index is 1670. The Kier molecular flexibility index (Phi) is 13.8. The summed E-state index contributed by atoms with van der Waals surface area (Å²) in [5, 5.41) is 0.495. The molecule has 55 heavy (non-hydrogen) atoms. The second-order valence-electron chi connectivity index (χ2n) is 18.6. The maximum atomic E-state index is 13.7. The van der Waals surface area contributed by atoms with Crippen molar-refractivity contribution in [2.75, 3.05) is 19.8 Å². The van der Waals surface area contributed by atoms with E-state index in [1.54, 1.807) is 95.2 Å². The van der Waals surface area contributed by atoms with Gasteiger partial charge >= 0.3 is 23.9 Å².